The number of hydrogen-bond donors (Lipinski definition) is 1. The fourth-order valence-electron chi connectivity index (χ4n) is 1.49. The molecule has 2 rings (SSSR count). The lowest BCUT2D eigenvalue weighted by molar-refractivity contribution is 0.588. The van der Waals surface area contributed by atoms with E-state index in [0.29, 0.717) is 17.7 Å². The van der Waals surface area contributed by atoms with Gasteiger partial charge in [0.1, 0.15) is 5.82 Å². The maximum absolute atomic E-state index is 13.5. The Bertz CT molecular complexity index is 529. The average molecular weight is 246 g/mol. The Morgan fingerprint density at radius 1 is 1.29 bits per heavy atom. The smallest absolute Gasteiger partial charge is 0.129 e. The number of nitriles is 1. The summed E-state index contributed by atoms with van der Waals surface area (Å²) in [6, 6.07) is 8.49. The molecule has 0 aliphatic heterocycles. The molecule has 0 atom stereocenters. The molecule has 1 aromatic carbocycles. The molecule has 0 radical (unpaired) electrons. The van der Waals surface area contributed by atoms with E-state index in [2.05, 4.69) is 10.7 Å². The Hall–Kier alpha value is -1.70. The summed E-state index contributed by atoms with van der Waals surface area (Å²) in [6.45, 7) is 1.19. The first-order valence-electron chi connectivity index (χ1n) is 5.20. The fraction of sp³-hybridized carbons (Fsp3) is 0.154. The highest BCUT2D eigenvalue weighted by atomic mass is 32.1. The van der Waals surface area contributed by atoms with Crippen LogP contribution in [0.4, 0.5) is 4.39 Å². The summed E-state index contributed by atoms with van der Waals surface area (Å²) in [5, 5.41) is 15.9. The van der Waals surface area contributed by atoms with E-state index in [4.69, 9.17) is 5.26 Å². The SMILES string of the molecule is N#Cc1ccc(CNCc2ccsc2)c(F)c1. The monoisotopic (exact) mass is 246 g/mol. The van der Waals surface area contributed by atoms with Crippen molar-refractivity contribution in [2.24, 2.45) is 0 Å². The molecular formula is C13H11FN2S. The molecule has 1 aromatic heterocycles. The minimum absolute atomic E-state index is 0.332. The maximum Gasteiger partial charge on any atom is 0.129 e. The second kappa shape index (κ2) is 5.58. The highest BCUT2D eigenvalue weighted by Crippen LogP contribution is 2.10. The van der Waals surface area contributed by atoms with Crippen molar-refractivity contribution in [1.29, 1.82) is 5.26 Å². The summed E-state index contributed by atoms with van der Waals surface area (Å²) in [4.78, 5) is 0. The molecule has 0 spiro atoms. The van der Waals surface area contributed by atoms with E-state index < -0.39 is 0 Å². The summed E-state index contributed by atoms with van der Waals surface area (Å²) in [6.07, 6.45) is 0. The van der Waals surface area contributed by atoms with Crippen molar-refractivity contribution in [3.8, 4) is 6.07 Å². The lowest BCUT2D eigenvalue weighted by atomic mass is 10.1. The van der Waals surface area contributed by atoms with Crippen LogP contribution >= 0.6 is 11.3 Å². The molecule has 86 valence electrons. The standard InChI is InChI=1S/C13H11FN2S/c14-13-5-10(6-15)1-2-12(13)8-16-7-11-3-4-17-9-11/h1-5,9,16H,7-8H2. The van der Waals surface area contributed by atoms with Gasteiger partial charge < -0.3 is 5.32 Å². The van der Waals surface area contributed by atoms with Gasteiger partial charge in [-0.15, -0.1) is 0 Å². The van der Waals surface area contributed by atoms with Crippen LogP contribution in [-0.4, -0.2) is 0 Å². The molecule has 0 unspecified atom stereocenters. The zero-order valence-corrected chi connectivity index (χ0v) is 9.93. The first-order valence-corrected chi connectivity index (χ1v) is 6.14. The fourth-order valence-corrected chi connectivity index (χ4v) is 2.16. The normalized spacial score (nSPS) is 10.1. The molecule has 0 saturated heterocycles. The Morgan fingerprint density at radius 3 is 2.82 bits per heavy atom. The molecule has 1 N–H and O–H groups in total. The van der Waals surface area contributed by atoms with Crippen molar-refractivity contribution in [2.75, 3.05) is 0 Å². The van der Waals surface area contributed by atoms with Crippen molar-refractivity contribution in [1.82, 2.24) is 5.32 Å². The first kappa shape index (κ1) is 11.8. The van der Waals surface area contributed by atoms with Crippen LogP contribution in [0.1, 0.15) is 16.7 Å². The summed E-state index contributed by atoms with van der Waals surface area (Å²) in [7, 11) is 0. The quantitative estimate of drug-likeness (QED) is 0.900. The van der Waals surface area contributed by atoms with E-state index >= 15 is 0 Å². The van der Waals surface area contributed by atoms with E-state index in [9.17, 15) is 4.39 Å². The van der Waals surface area contributed by atoms with Gasteiger partial charge in [0.2, 0.25) is 0 Å². The number of nitrogens with zero attached hydrogens (tertiary/aromatic N) is 1. The molecule has 2 aromatic rings. The summed E-state index contributed by atoms with van der Waals surface area (Å²) in [5.41, 5.74) is 2.13. The number of hydrogen-bond acceptors (Lipinski definition) is 3. The molecular weight excluding hydrogens is 235 g/mol. The van der Waals surface area contributed by atoms with Crippen LogP contribution in [0, 0.1) is 17.1 Å². The van der Waals surface area contributed by atoms with E-state index in [0.717, 1.165) is 6.54 Å². The van der Waals surface area contributed by atoms with Gasteiger partial charge in [-0.2, -0.15) is 16.6 Å². The van der Waals surface area contributed by atoms with Crippen LogP contribution in [0.15, 0.2) is 35.0 Å². The maximum atomic E-state index is 13.5. The third kappa shape index (κ3) is 3.13. The molecule has 0 aliphatic carbocycles. The topological polar surface area (TPSA) is 35.8 Å². The second-order valence-corrected chi connectivity index (χ2v) is 4.43. The number of benzene rings is 1. The molecule has 1 heterocycles. The van der Waals surface area contributed by atoms with Crippen molar-refractivity contribution >= 4 is 11.3 Å². The molecule has 0 saturated carbocycles. The number of halogens is 1. The van der Waals surface area contributed by atoms with Crippen molar-refractivity contribution in [2.45, 2.75) is 13.1 Å². The summed E-state index contributed by atoms with van der Waals surface area (Å²) >= 11 is 1.64. The molecule has 0 aliphatic rings. The van der Waals surface area contributed by atoms with Gasteiger partial charge in [-0.1, -0.05) is 6.07 Å². The average Bonchev–Trinajstić information content (AvgIpc) is 2.84. The van der Waals surface area contributed by atoms with Gasteiger partial charge in [0.25, 0.3) is 0 Å². The Labute approximate surface area is 103 Å². The van der Waals surface area contributed by atoms with Gasteiger partial charge in [0, 0.05) is 18.7 Å². The lowest BCUT2D eigenvalue weighted by Crippen LogP contribution is -2.13. The van der Waals surface area contributed by atoms with Crippen LogP contribution in [0.5, 0.6) is 0 Å². The van der Waals surface area contributed by atoms with Gasteiger partial charge in [0.15, 0.2) is 0 Å². The predicted octanol–water partition coefficient (Wildman–Crippen LogP) is 3.05. The zero-order valence-electron chi connectivity index (χ0n) is 9.11. The highest BCUT2D eigenvalue weighted by Gasteiger charge is 2.03. The highest BCUT2D eigenvalue weighted by molar-refractivity contribution is 7.07. The lowest BCUT2D eigenvalue weighted by Gasteiger charge is -2.05. The first-order chi connectivity index (χ1) is 8.29. The van der Waals surface area contributed by atoms with Crippen LogP contribution in [0.3, 0.4) is 0 Å². The molecule has 4 heteroatoms. The van der Waals surface area contributed by atoms with E-state index in [1.165, 1.54) is 11.6 Å². The molecule has 17 heavy (non-hydrogen) atoms. The Balaban J connectivity index is 1.93. The summed E-state index contributed by atoms with van der Waals surface area (Å²) < 4.78 is 13.5. The van der Waals surface area contributed by atoms with Gasteiger partial charge in [0.05, 0.1) is 11.6 Å². The Kier molecular flexibility index (Phi) is 3.86. The zero-order chi connectivity index (χ0) is 12.1. The van der Waals surface area contributed by atoms with Crippen molar-refractivity contribution in [3.05, 3.63) is 57.5 Å². The van der Waals surface area contributed by atoms with Crippen LogP contribution in [-0.2, 0) is 13.1 Å². The van der Waals surface area contributed by atoms with Crippen LogP contribution in [0.25, 0.3) is 0 Å². The summed E-state index contributed by atoms with van der Waals surface area (Å²) in [5.74, 6) is -0.332. The molecule has 0 fully saturated rings. The predicted molar refractivity (Wildman–Crippen MR) is 66.0 cm³/mol. The van der Waals surface area contributed by atoms with Gasteiger partial charge in [-0.25, -0.2) is 4.39 Å². The van der Waals surface area contributed by atoms with E-state index in [1.54, 1.807) is 23.5 Å². The third-order valence-electron chi connectivity index (χ3n) is 2.41. The molecule has 0 bridgehead atoms. The minimum Gasteiger partial charge on any atom is -0.308 e. The number of thiophene rings is 1. The Morgan fingerprint density at radius 2 is 2.18 bits per heavy atom. The van der Waals surface area contributed by atoms with E-state index in [1.807, 2.05) is 17.5 Å². The van der Waals surface area contributed by atoms with Crippen LogP contribution < -0.4 is 5.32 Å². The number of rotatable bonds is 4. The van der Waals surface area contributed by atoms with Gasteiger partial charge in [-0.05, 0) is 34.5 Å². The third-order valence-corrected chi connectivity index (χ3v) is 3.14. The second-order valence-electron chi connectivity index (χ2n) is 3.65. The van der Waals surface area contributed by atoms with Crippen molar-refractivity contribution < 1.29 is 4.39 Å². The minimum atomic E-state index is -0.332. The molecule has 2 nitrogen and oxygen atoms in total. The number of nitrogens with one attached hydrogen (secondary N) is 1. The van der Waals surface area contributed by atoms with E-state index in [-0.39, 0.29) is 5.82 Å². The van der Waals surface area contributed by atoms with Gasteiger partial charge >= 0.3 is 0 Å². The largest absolute Gasteiger partial charge is 0.308 e. The van der Waals surface area contributed by atoms with Gasteiger partial charge in [-0.3, -0.25) is 0 Å². The van der Waals surface area contributed by atoms with Crippen LogP contribution in [0.2, 0.25) is 0 Å². The van der Waals surface area contributed by atoms with Crippen molar-refractivity contribution in [3.63, 3.8) is 0 Å². The molecule has 0 amide bonds.